The van der Waals surface area contributed by atoms with Gasteiger partial charge < -0.3 is 20.3 Å². The Labute approximate surface area is 165 Å². The second-order valence-corrected chi connectivity index (χ2v) is 7.13. The van der Waals surface area contributed by atoms with Crippen molar-refractivity contribution in [3.63, 3.8) is 0 Å². The Balaban J connectivity index is 2.76. The van der Waals surface area contributed by atoms with E-state index in [4.69, 9.17) is 0 Å². The number of aliphatic imine (C=N–C) groups is 1. The zero-order valence-electron chi connectivity index (χ0n) is 17.3. The largest absolute Gasteiger partial charge is 0.424 e. The first-order valence-corrected chi connectivity index (χ1v) is 9.97. The van der Waals surface area contributed by atoms with Crippen LogP contribution in [-0.2, 0) is 12.6 Å². The van der Waals surface area contributed by atoms with Crippen LogP contribution in [0.3, 0.4) is 0 Å². The van der Waals surface area contributed by atoms with Gasteiger partial charge in [-0.05, 0) is 20.3 Å². The normalized spacial score (nSPS) is 15.9. The lowest BCUT2D eigenvalue weighted by molar-refractivity contribution is -0.272. The van der Waals surface area contributed by atoms with Gasteiger partial charge in [-0.3, -0.25) is 4.99 Å². The van der Waals surface area contributed by atoms with E-state index in [1.807, 2.05) is 13.8 Å². The third kappa shape index (κ3) is 7.00. The molecule has 0 bridgehead atoms. The average Bonchev–Trinajstić information content (AvgIpc) is 3.04. The fourth-order valence-electron chi connectivity index (χ4n) is 2.98. The van der Waals surface area contributed by atoms with E-state index in [9.17, 15) is 18.3 Å². The molecule has 1 aromatic heterocycles. The number of unbranched alkanes of at least 4 members (excludes halogenated alkanes) is 3. The number of aliphatic hydroxyl groups is 1. The molecular formula is C19H34F3N5O. The van der Waals surface area contributed by atoms with Gasteiger partial charge in [0.15, 0.2) is 5.96 Å². The molecule has 0 aromatic carbocycles. The molecule has 2 unspecified atom stereocenters. The van der Waals surface area contributed by atoms with Crippen LogP contribution in [0.25, 0.3) is 0 Å². The van der Waals surface area contributed by atoms with Crippen LogP contribution in [-0.4, -0.2) is 45.9 Å². The van der Waals surface area contributed by atoms with Gasteiger partial charge in [0.2, 0.25) is 5.60 Å². The number of halogens is 3. The van der Waals surface area contributed by atoms with Crippen LogP contribution in [0.1, 0.15) is 65.1 Å². The predicted molar refractivity (Wildman–Crippen MR) is 105 cm³/mol. The maximum atomic E-state index is 13.5. The summed E-state index contributed by atoms with van der Waals surface area (Å²) in [6, 6.07) is 0.158. The van der Waals surface area contributed by atoms with E-state index in [-0.39, 0.29) is 12.6 Å². The Kier molecular flexibility index (Phi) is 9.78. The summed E-state index contributed by atoms with van der Waals surface area (Å²) in [6.45, 7) is 6.48. The van der Waals surface area contributed by atoms with E-state index in [1.54, 1.807) is 0 Å². The third-order valence-electron chi connectivity index (χ3n) is 4.62. The van der Waals surface area contributed by atoms with Crippen LogP contribution in [0.15, 0.2) is 17.4 Å². The van der Waals surface area contributed by atoms with E-state index in [0.29, 0.717) is 12.5 Å². The topological polar surface area (TPSA) is 74.5 Å². The zero-order chi connectivity index (χ0) is 21.2. The fraction of sp³-hybridized carbons (Fsp3) is 0.789. The van der Waals surface area contributed by atoms with Gasteiger partial charge >= 0.3 is 6.18 Å². The lowest BCUT2D eigenvalue weighted by Crippen LogP contribution is -2.46. The van der Waals surface area contributed by atoms with E-state index in [1.165, 1.54) is 43.3 Å². The maximum Gasteiger partial charge on any atom is 0.424 e. The number of guanidine groups is 1. The highest BCUT2D eigenvalue weighted by Gasteiger charge is 2.57. The smallest absolute Gasteiger partial charge is 0.374 e. The Morgan fingerprint density at radius 3 is 2.54 bits per heavy atom. The first kappa shape index (κ1) is 24.3. The number of aryl methyl sites for hydroxylation is 1. The highest BCUT2D eigenvalue weighted by Crippen LogP contribution is 2.40. The van der Waals surface area contributed by atoms with Gasteiger partial charge in [-0.25, -0.2) is 4.98 Å². The Morgan fingerprint density at radius 1 is 1.29 bits per heavy atom. The monoisotopic (exact) mass is 405 g/mol. The first-order valence-electron chi connectivity index (χ1n) is 9.97. The van der Waals surface area contributed by atoms with Gasteiger partial charge in [0.1, 0.15) is 5.82 Å². The Morgan fingerprint density at radius 2 is 2.00 bits per heavy atom. The molecule has 9 heteroatoms. The molecule has 28 heavy (non-hydrogen) atoms. The highest BCUT2D eigenvalue weighted by molar-refractivity contribution is 5.80. The second kappa shape index (κ2) is 11.3. The summed E-state index contributed by atoms with van der Waals surface area (Å²) in [5.41, 5.74) is -3.04. The van der Waals surface area contributed by atoms with E-state index in [2.05, 4.69) is 27.5 Å². The summed E-state index contributed by atoms with van der Waals surface area (Å²) in [5, 5.41) is 16.6. The standard InChI is InChI=1S/C19H34F3N5O/c1-5-7-8-9-10-15(3)26-17(23-6-2)25-12-11-18(28,19(20,21)22)16-24-13-14-27(16)4/h13-15,28H,5-12H2,1-4H3,(H2,23,25,26). The second-order valence-electron chi connectivity index (χ2n) is 7.13. The van der Waals surface area contributed by atoms with E-state index < -0.39 is 24.0 Å². The van der Waals surface area contributed by atoms with Crippen molar-refractivity contribution in [2.45, 2.75) is 77.1 Å². The number of nitrogens with zero attached hydrogens (tertiary/aromatic N) is 3. The van der Waals surface area contributed by atoms with Crippen molar-refractivity contribution >= 4 is 5.96 Å². The summed E-state index contributed by atoms with van der Waals surface area (Å²) in [4.78, 5) is 7.93. The SMILES string of the molecule is CCCCCCC(C)NC(=NCCC(O)(c1nccn1C)C(F)(F)F)NCC. The molecule has 2 atom stereocenters. The van der Waals surface area contributed by atoms with Crippen molar-refractivity contribution in [1.29, 1.82) is 0 Å². The number of hydrogen-bond acceptors (Lipinski definition) is 3. The van der Waals surface area contributed by atoms with E-state index >= 15 is 0 Å². The lowest BCUT2D eigenvalue weighted by atomic mass is 9.98. The number of hydrogen-bond donors (Lipinski definition) is 3. The molecule has 162 valence electrons. The van der Waals surface area contributed by atoms with Gasteiger partial charge in [0, 0.05) is 45.0 Å². The van der Waals surface area contributed by atoms with Crippen LogP contribution < -0.4 is 10.6 Å². The molecule has 1 aromatic rings. The summed E-state index contributed by atoms with van der Waals surface area (Å²) < 4.78 is 41.8. The van der Waals surface area contributed by atoms with Gasteiger partial charge in [0.25, 0.3) is 0 Å². The van der Waals surface area contributed by atoms with Crippen molar-refractivity contribution < 1.29 is 18.3 Å². The van der Waals surface area contributed by atoms with Crippen LogP contribution in [0.4, 0.5) is 13.2 Å². The molecule has 0 aliphatic carbocycles. The minimum Gasteiger partial charge on any atom is -0.374 e. The minimum absolute atomic E-state index is 0.158. The average molecular weight is 406 g/mol. The number of aromatic nitrogens is 2. The van der Waals surface area contributed by atoms with Crippen molar-refractivity contribution in [2.24, 2.45) is 12.0 Å². The van der Waals surface area contributed by atoms with Gasteiger partial charge in [-0.2, -0.15) is 13.2 Å². The van der Waals surface area contributed by atoms with Crippen LogP contribution in [0.5, 0.6) is 0 Å². The summed E-state index contributed by atoms with van der Waals surface area (Å²) in [6.07, 6.45) is 2.75. The lowest BCUT2D eigenvalue weighted by Gasteiger charge is -2.29. The highest BCUT2D eigenvalue weighted by atomic mass is 19.4. The number of rotatable bonds is 11. The van der Waals surface area contributed by atoms with Crippen LogP contribution >= 0.6 is 0 Å². The molecule has 0 aliphatic heterocycles. The summed E-state index contributed by atoms with van der Waals surface area (Å²) in [5.74, 6) is 0.0207. The number of nitrogens with one attached hydrogen (secondary N) is 2. The molecule has 1 rings (SSSR count). The van der Waals surface area contributed by atoms with Gasteiger partial charge in [-0.15, -0.1) is 0 Å². The Bertz CT molecular complexity index is 603. The van der Waals surface area contributed by atoms with E-state index in [0.717, 1.165) is 12.8 Å². The maximum absolute atomic E-state index is 13.5. The summed E-state index contributed by atoms with van der Waals surface area (Å²) >= 11 is 0. The fourth-order valence-corrected chi connectivity index (χ4v) is 2.98. The predicted octanol–water partition coefficient (Wildman–Crippen LogP) is 3.47. The van der Waals surface area contributed by atoms with Crippen LogP contribution in [0, 0.1) is 0 Å². The summed E-state index contributed by atoms with van der Waals surface area (Å²) in [7, 11) is 1.42. The molecule has 0 fully saturated rings. The van der Waals surface area contributed by atoms with Crippen molar-refractivity contribution in [1.82, 2.24) is 20.2 Å². The molecule has 0 aliphatic rings. The molecule has 6 nitrogen and oxygen atoms in total. The molecule has 3 N–H and O–H groups in total. The Hall–Kier alpha value is -1.77. The van der Waals surface area contributed by atoms with Crippen molar-refractivity contribution in [3.05, 3.63) is 18.2 Å². The molecule has 0 saturated carbocycles. The first-order chi connectivity index (χ1) is 13.2. The molecular weight excluding hydrogens is 371 g/mol. The quantitative estimate of drug-likeness (QED) is 0.299. The molecule has 1 heterocycles. The van der Waals surface area contributed by atoms with Crippen molar-refractivity contribution in [2.75, 3.05) is 13.1 Å². The zero-order valence-corrected chi connectivity index (χ0v) is 17.3. The van der Waals surface area contributed by atoms with Gasteiger partial charge in [-0.1, -0.05) is 32.6 Å². The molecule has 0 spiro atoms. The van der Waals surface area contributed by atoms with Crippen molar-refractivity contribution in [3.8, 4) is 0 Å². The van der Waals surface area contributed by atoms with Gasteiger partial charge in [0.05, 0.1) is 0 Å². The third-order valence-corrected chi connectivity index (χ3v) is 4.62. The minimum atomic E-state index is -4.85. The molecule has 0 amide bonds. The molecule has 0 radical (unpaired) electrons. The van der Waals surface area contributed by atoms with Crippen LogP contribution in [0.2, 0.25) is 0 Å². The molecule has 0 saturated heterocycles. The number of alkyl halides is 3. The number of imidazole rings is 1.